The predicted octanol–water partition coefficient (Wildman–Crippen LogP) is 4.33. The average Bonchev–Trinajstić information content (AvgIpc) is 3.92. The van der Waals surface area contributed by atoms with Crippen LogP contribution < -0.4 is 0 Å². The Balaban J connectivity index is 1.05. The van der Waals surface area contributed by atoms with Crippen molar-refractivity contribution in [1.82, 2.24) is 14.7 Å². The second-order valence-electron chi connectivity index (χ2n) is 12.6. The van der Waals surface area contributed by atoms with Gasteiger partial charge in [-0.15, -0.1) is 0 Å². The summed E-state index contributed by atoms with van der Waals surface area (Å²) in [5.74, 6) is 1.95. The molecule has 1 aromatic heterocycles. The summed E-state index contributed by atoms with van der Waals surface area (Å²) in [6.07, 6.45) is 6.82. The SMILES string of the molecule is O=C(C1CC1)N1CCC2(CC1)N=C(c1ccc(-c3ccc4occc4c3)cc1)N(CC1CN(C(=O)C3CC3)C1)C2=O. The fourth-order valence-corrected chi connectivity index (χ4v) is 6.73. The molecule has 2 saturated heterocycles. The molecule has 2 aliphatic carbocycles. The molecule has 1 spiro atoms. The Bertz CT molecular complexity index is 1570. The molecule has 8 heteroatoms. The minimum atomic E-state index is -0.812. The summed E-state index contributed by atoms with van der Waals surface area (Å²) < 4.78 is 5.49. The highest BCUT2D eigenvalue weighted by Gasteiger charge is 2.52. The van der Waals surface area contributed by atoms with Crippen molar-refractivity contribution in [2.24, 2.45) is 22.7 Å². The van der Waals surface area contributed by atoms with E-state index < -0.39 is 5.54 Å². The number of furan rings is 1. The fraction of sp³-hybridized carbons (Fsp3) is 0.455. The molecule has 0 atom stereocenters. The summed E-state index contributed by atoms with van der Waals surface area (Å²) in [4.78, 5) is 50.2. The normalized spacial score (nSPS) is 22.4. The zero-order valence-electron chi connectivity index (χ0n) is 23.1. The van der Waals surface area contributed by atoms with Crippen molar-refractivity contribution in [1.29, 1.82) is 0 Å². The summed E-state index contributed by atoms with van der Waals surface area (Å²) in [5, 5.41) is 1.06. The van der Waals surface area contributed by atoms with Gasteiger partial charge < -0.3 is 14.2 Å². The van der Waals surface area contributed by atoms with E-state index in [0.29, 0.717) is 45.6 Å². The number of fused-ring (bicyclic) bond motifs is 1. The van der Waals surface area contributed by atoms with Crippen LogP contribution in [-0.2, 0) is 14.4 Å². The van der Waals surface area contributed by atoms with Crippen molar-refractivity contribution in [2.75, 3.05) is 32.7 Å². The molecular formula is C33H34N4O4. The topological polar surface area (TPSA) is 86.4 Å². The van der Waals surface area contributed by atoms with Crippen LogP contribution in [0.4, 0.5) is 0 Å². The Morgan fingerprint density at radius 1 is 0.829 bits per heavy atom. The lowest BCUT2D eigenvalue weighted by Crippen LogP contribution is -2.57. The van der Waals surface area contributed by atoms with E-state index in [0.717, 1.165) is 59.2 Å². The number of amidine groups is 1. The third kappa shape index (κ3) is 4.35. The van der Waals surface area contributed by atoms with Crippen LogP contribution >= 0.6 is 0 Å². The van der Waals surface area contributed by atoms with E-state index in [1.54, 1.807) is 6.26 Å². The largest absolute Gasteiger partial charge is 0.464 e. The standard InChI is InChI=1S/C33H34N4O4/c38-30(24-5-6-24)35-14-12-33(13-15-35)32(40)37(20-21-18-36(19-21)31(39)25-7-8-25)29(34-33)23-3-1-22(2-4-23)26-9-10-28-27(17-26)11-16-41-28/h1-4,9-11,16-17,21,24-25H,5-8,12-15,18-20H2. The number of nitrogens with zero attached hydrogens (tertiary/aromatic N) is 4. The quantitative estimate of drug-likeness (QED) is 0.457. The Kier molecular flexibility index (Phi) is 5.63. The Hall–Kier alpha value is -3.94. The Labute approximate surface area is 239 Å². The highest BCUT2D eigenvalue weighted by molar-refractivity contribution is 6.15. The maximum Gasteiger partial charge on any atom is 0.256 e. The molecule has 210 valence electrons. The van der Waals surface area contributed by atoms with Crippen molar-refractivity contribution in [2.45, 2.75) is 44.1 Å². The number of hydrogen-bond acceptors (Lipinski definition) is 5. The summed E-state index contributed by atoms with van der Waals surface area (Å²) >= 11 is 0. The molecule has 5 aliphatic rings. The zero-order valence-corrected chi connectivity index (χ0v) is 23.1. The number of hydrogen-bond donors (Lipinski definition) is 0. The lowest BCUT2D eigenvalue weighted by Gasteiger charge is -2.42. The van der Waals surface area contributed by atoms with Crippen LogP contribution in [-0.4, -0.2) is 76.5 Å². The maximum atomic E-state index is 14.1. The van der Waals surface area contributed by atoms with Crippen molar-refractivity contribution in [3.63, 3.8) is 0 Å². The Morgan fingerprint density at radius 3 is 2.15 bits per heavy atom. The first-order valence-electron chi connectivity index (χ1n) is 15.0. The van der Waals surface area contributed by atoms with Crippen molar-refractivity contribution in [3.8, 4) is 11.1 Å². The second kappa shape index (κ2) is 9.29. The van der Waals surface area contributed by atoms with Gasteiger partial charge in [0.05, 0.1) is 6.26 Å². The van der Waals surface area contributed by atoms with Crippen LogP contribution in [0.5, 0.6) is 0 Å². The molecule has 2 aromatic carbocycles. The molecule has 2 saturated carbocycles. The van der Waals surface area contributed by atoms with E-state index in [2.05, 4.69) is 36.4 Å². The van der Waals surface area contributed by atoms with E-state index in [1.807, 2.05) is 26.8 Å². The number of likely N-dealkylation sites (tertiary alicyclic amines) is 2. The van der Waals surface area contributed by atoms with Gasteiger partial charge in [-0.05, 0) is 67.9 Å². The molecule has 0 N–H and O–H groups in total. The maximum absolute atomic E-state index is 14.1. The third-order valence-electron chi connectivity index (χ3n) is 9.61. The van der Waals surface area contributed by atoms with Crippen LogP contribution in [0.1, 0.15) is 44.1 Å². The fourth-order valence-electron chi connectivity index (χ4n) is 6.73. The molecule has 0 unspecified atom stereocenters. The molecule has 0 bridgehead atoms. The van der Waals surface area contributed by atoms with E-state index >= 15 is 0 Å². The highest BCUT2D eigenvalue weighted by Crippen LogP contribution is 2.39. The van der Waals surface area contributed by atoms with Crippen LogP contribution in [0.15, 0.2) is 64.2 Å². The number of piperidine rings is 1. The van der Waals surface area contributed by atoms with Gasteiger partial charge in [-0.2, -0.15) is 0 Å². The minimum Gasteiger partial charge on any atom is -0.464 e. The van der Waals surface area contributed by atoms with Gasteiger partial charge in [-0.25, -0.2) is 0 Å². The van der Waals surface area contributed by atoms with Crippen LogP contribution in [0, 0.1) is 17.8 Å². The van der Waals surface area contributed by atoms with E-state index in [-0.39, 0.29) is 35.5 Å². The number of rotatable bonds is 6. The Morgan fingerprint density at radius 2 is 1.46 bits per heavy atom. The molecule has 4 heterocycles. The second-order valence-corrected chi connectivity index (χ2v) is 12.6. The molecule has 8 rings (SSSR count). The average molecular weight is 551 g/mol. The van der Waals surface area contributed by atoms with Crippen LogP contribution in [0.3, 0.4) is 0 Å². The van der Waals surface area contributed by atoms with E-state index in [4.69, 9.17) is 9.41 Å². The van der Waals surface area contributed by atoms with Gasteiger partial charge in [0, 0.05) is 61.4 Å². The molecular weight excluding hydrogens is 516 g/mol. The van der Waals surface area contributed by atoms with Gasteiger partial charge in [0.15, 0.2) is 0 Å². The highest BCUT2D eigenvalue weighted by atomic mass is 16.3. The number of amides is 3. The van der Waals surface area contributed by atoms with Crippen LogP contribution in [0.25, 0.3) is 22.1 Å². The number of carbonyl (C=O) groups excluding carboxylic acids is 3. The molecule has 4 fully saturated rings. The smallest absolute Gasteiger partial charge is 0.256 e. The van der Waals surface area contributed by atoms with Gasteiger partial charge in [0.1, 0.15) is 17.0 Å². The monoisotopic (exact) mass is 550 g/mol. The molecule has 0 radical (unpaired) electrons. The molecule has 8 nitrogen and oxygen atoms in total. The van der Waals surface area contributed by atoms with Gasteiger partial charge in [0.2, 0.25) is 11.8 Å². The molecule has 3 aromatic rings. The number of carbonyl (C=O) groups is 3. The van der Waals surface area contributed by atoms with Crippen LogP contribution in [0.2, 0.25) is 0 Å². The summed E-state index contributed by atoms with van der Waals surface area (Å²) in [6.45, 7) is 3.14. The van der Waals surface area contributed by atoms with Gasteiger partial charge in [0.25, 0.3) is 5.91 Å². The summed E-state index contributed by atoms with van der Waals surface area (Å²) in [5.41, 5.74) is 3.16. The van der Waals surface area contributed by atoms with E-state index in [9.17, 15) is 14.4 Å². The number of aliphatic imine (C=N–C) groups is 1. The van der Waals surface area contributed by atoms with E-state index in [1.165, 1.54) is 0 Å². The van der Waals surface area contributed by atoms with Gasteiger partial charge in [-0.3, -0.25) is 24.3 Å². The first kappa shape index (κ1) is 24.8. The van der Waals surface area contributed by atoms with Crippen molar-refractivity contribution >= 4 is 34.5 Å². The zero-order chi connectivity index (χ0) is 27.7. The van der Waals surface area contributed by atoms with Gasteiger partial charge >= 0.3 is 0 Å². The minimum absolute atomic E-state index is 0.0486. The number of benzene rings is 2. The molecule has 41 heavy (non-hydrogen) atoms. The summed E-state index contributed by atoms with van der Waals surface area (Å²) in [7, 11) is 0. The lowest BCUT2D eigenvalue weighted by molar-refractivity contribution is -0.142. The van der Waals surface area contributed by atoms with Gasteiger partial charge in [-0.1, -0.05) is 30.3 Å². The predicted molar refractivity (Wildman–Crippen MR) is 154 cm³/mol. The first-order chi connectivity index (χ1) is 20.0. The van der Waals surface area contributed by atoms with Crippen molar-refractivity contribution < 1.29 is 18.8 Å². The first-order valence-corrected chi connectivity index (χ1v) is 15.0. The lowest BCUT2D eigenvalue weighted by atomic mass is 9.87. The third-order valence-corrected chi connectivity index (χ3v) is 9.61. The molecule has 3 amide bonds. The van der Waals surface area contributed by atoms with Crippen molar-refractivity contribution in [3.05, 3.63) is 60.4 Å². The molecule has 3 aliphatic heterocycles. The summed E-state index contributed by atoms with van der Waals surface area (Å²) in [6, 6.07) is 16.4.